The van der Waals surface area contributed by atoms with Crippen molar-refractivity contribution in [2.75, 3.05) is 32.4 Å². The lowest BCUT2D eigenvalue weighted by Crippen LogP contribution is -2.36. The van der Waals surface area contributed by atoms with Crippen molar-refractivity contribution >= 4 is 10.0 Å². The Morgan fingerprint density at radius 3 is 2.25 bits per heavy atom. The largest absolute Gasteiger partial charge is 0.317 e. The summed E-state index contributed by atoms with van der Waals surface area (Å²) in [6.45, 7) is 10.3. The molecule has 1 N–H and O–H groups in total. The second-order valence-electron chi connectivity index (χ2n) is 5.34. The number of nitrogens with zero attached hydrogens (tertiary/aromatic N) is 1. The van der Waals surface area contributed by atoms with Crippen LogP contribution in [0, 0.1) is 5.41 Å². The monoisotopic (exact) mass is 250 g/mol. The van der Waals surface area contributed by atoms with Gasteiger partial charge >= 0.3 is 0 Å². The van der Waals surface area contributed by atoms with Crippen molar-refractivity contribution in [2.45, 2.75) is 34.1 Å². The number of hydrogen-bond donors (Lipinski definition) is 1. The highest BCUT2D eigenvalue weighted by Crippen LogP contribution is 2.16. The van der Waals surface area contributed by atoms with E-state index in [0.717, 1.165) is 13.1 Å². The summed E-state index contributed by atoms with van der Waals surface area (Å²) < 4.78 is 25.2. The Morgan fingerprint density at radius 1 is 1.25 bits per heavy atom. The lowest BCUT2D eigenvalue weighted by atomic mass is 9.97. The van der Waals surface area contributed by atoms with E-state index in [1.807, 2.05) is 27.7 Å². The first kappa shape index (κ1) is 15.9. The van der Waals surface area contributed by atoms with Gasteiger partial charge in [-0.25, -0.2) is 12.7 Å². The molecule has 16 heavy (non-hydrogen) atoms. The van der Waals surface area contributed by atoms with Crippen molar-refractivity contribution in [3.63, 3.8) is 0 Å². The Labute approximate surface area is 100 Å². The number of hydrogen-bond acceptors (Lipinski definition) is 3. The molecule has 0 aliphatic carbocycles. The van der Waals surface area contributed by atoms with E-state index in [4.69, 9.17) is 0 Å². The molecule has 0 fully saturated rings. The van der Waals surface area contributed by atoms with Crippen LogP contribution < -0.4 is 5.32 Å². The van der Waals surface area contributed by atoms with E-state index >= 15 is 0 Å². The van der Waals surface area contributed by atoms with E-state index in [1.54, 1.807) is 7.05 Å². The van der Waals surface area contributed by atoms with Gasteiger partial charge in [0, 0.05) is 13.6 Å². The summed E-state index contributed by atoms with van der Waals surface area (Å²) in [5, 5.41) is 3.13. The molecule has 98 valence electrons. The first-order valence-corrected chi connectivity index (χ1v) is 7.44. The molecule has 0 saturated heterocycles. The van der Waals surface area contributed by atoms with Crippen molar-refractivity contribution in [1.82, 2.24) is 9.62 Å². The first-order chi connectivity index (χ1) is 7.19. The molecule has 0 aromatic carbocycles. The van der Waals surface area contributed by atoms with Crippen LogP contribution in [0.15, 0.2) is 0 Å². The van der Waals surface area contributed by atoms with Crippen molar-refractivity contribution in [1.29, 1.82) is 0 Å². The van der Waals surface area contributed by atoms with Crippen molar-refractivity contribution in [3.8, 4) is 0 Å². The maximum absolute atomic E-state index is 11.9. The topological polar surface area (TPSA) is 49.4 Å². The van der Waals surface area contributed by atoms with Gasteiger partial charge in [-0.3, -0.25) is 0 Å². The summed E-state index contributed by atoms with van der Waals surface area (Å²) in [7, 11) is -1.42. The number of sulfonamides is 1. The third-order valence-corrected chi connectivity index (χ3v) is 4.06. The summed E-state index contributed by atoms with van der Waals surface area (Å²) in [5.74, 6) is 0.229. The van der Waals surface area contributed by atoms with Crippen LogP contribution in [0.5, 0.6) is 0 Å². The predicted octanol–water partition coefficient (Wildman–Crippen LogP) is 1.29. The van der Waals surface area contributed by atoms with Crippen LogP contribution in [-0.2, 0) is 10.0 Å². The molecule has 0 spiro atoms. The predicted molar refractivity (Wildman–Crippen MR) is 69.0 cm³/mol. The molecular formula is C11H26N2O2S. The van der Waals surface area contributed by atoms with Gasteiger partial charge in [0.05, 0.1) is 5.75 Å². The lowest BCUT2D eigenvalue weighted by Gasteiger charge is -2.26. The van der Waals surface area contributed by atoms with Gasteiger partial charge in [-0.05, 0) is 24.9 Å². The molecule has 4 nitrogen and oxygen atoms in total. The molecule has 0 aromatic rings. The third kappa shape index (κ3) is 7.19. The quantitative estimate of drug-likeness (QED) is 0.693. The number of rotatable bonds is 7. The fourth-order valence-electron chi connectivity index (χ4n) is 1.48. The van der Waals surface area contributed by atoms with Crippen molar-refractivity contribution in [2.24, 2.45) is 5.41 Å². The summed E-state index contributed by atoms with van der Waals surface area (Å²) in [4.78, 5) is 0. The van der Waals surface area contributed by atoms with Gasteiger partial charge in [0.2, 0.25) is 10.0 Å². The Bertz CT molecular complexity index is 281. The smallest absolute Gasteiger partial charge is 0.213 e. The van der Waals surface area contributed by atoms with E-state index in [0.29, 0.717) is 13.0 Å². The zero-order valence-corrected chi connectivity index (χ0v) is 12.0. The molecule has 0 aliphatic heterocycles. The highest BCUT2D eigenvalue weighted by atomic mass is 32.2. The SMILES string of the molecule is CCNCCCS(=O)(=O)N(C)CC(C)(C)C. The molecule has 0 aliphatic rings. The molecule has 0 saturated carbocycles. The van der Waals surface area contributed by atoms with Crippen LogP contribution >= 0.6 is 0 Å². The standard InChI is InChI=1S/C11H26N2O2S/c1-6-12-8-7-9-16(14,15)13(5)10-11(2,3)4/h12H,6-10H2,1-5H3. The van der Waals surface area contributed by atoms with E-state index in [-0.39, 0.29) is 11.2 Å². The first-order valence-electron chi connectivity index (χ1n) is 5.84. The van der Waals surface area contributed by atoms with Crippen LogP contribution in [0.2, 0.25) is 0 Å². The molecule has 0 amide bonds. The van der Waals surface area contributed by atoms with Gasteiger partial charge < -0.3 is 5.32 Å². The zero-order valence-electron chi connectivity index (χ0n) is 11.2. The van der Waals surface area contributed by atoms with Crippen molar-refractivity contribution in [3.05, 3.63) is 0 Å². The fraction of sp³-hybridized carbons (Fsp3) is 1.00. The van der Waals surface area contributed by atoms with Crippen LogP contribution in [0.25, 0.3) is 0 Å². The lowest BCUT2D eigenvalue weighted by molar-refractivity contribution is 0.310. The second kappa shape index (κ2) is 6.57. The minimum Gasteiger partial charge on any atom is -0.317 e. The maximum atomic E-state index is 11.9. The Morgan fingerprint density at radius 2 is 1.81 bits per heavy atom. The van der Waals surface area contributed by atoms with Gasteiger partial charge in [0.15, 0.2) is 0 Å². The van der Waals surface area contributed by atoms with Crippen LogP contribution in [0.4, 0.5) is 0 Å². The van der Waals surface area contributed by atoms with Crippen molar-refractivity contribution < 1.29 is 8.42 Å². The maximum Gasteiger partial charge on any atom is 0.213 e. The van der Waals surface area contributed by atoms with E-state index < -0.39 is 10.0 Å². The Hall–Kier alpha value is -0.130. The summed E-state index contributed by atoms with van der Waals surface area (Å²) in [6, 6.07) is 0. The highest BCUT2D eigenvalue weighted by Gasteiger charge is 2.22. The molecule has 0 atom stereocenters. The summed E-state index contributed by atoms with van der Waals surface area (Å²) >= 11 is 0. The Balaban J connectivity index is 4.12. The van der Waals surface area contributed by atoms with Gasteiger partial charge in [0.1, 0.15) is 0 Å². The molecule has 0 unspecified atom stereocenters. The van der Waals surface area contributed by atoms with Gasteiger partial charge in [-0.2, -0.15) is 0 Å². The summed E-state index contributed by atoms with van der Waals surface area (Å²) in [5.41, 5.74) is 0.00346. The minimum absolute atomic E-state index is 0.00346. The van der Waals surface area contributed by atoms with Gasteiger partial charge in [0.25, 0.3) is 0 Å². The highest BCUT2D eigenvalue weighted by molar-refractivity contribution is 7.89. The second-order valence-corrected chi connectivity index (χ2v) is 7.54. The minimum atomic E-state index is -3.08. The average molecular weight is 250 g/mol. The number of nitrogens with one attached hydrogen (secondary N) is 1. The van der Waals surface area contributed by atoms with E-state index in [2.05, 4.69) is 5.32 Å². The molecular weight excluding hydrogens is 224 g/mol. The zero-order chi connectivity index (χ0) is 12.8. The fourth-order valence-corrected chi connectivity index (χ4v) is 2.88. The molecule has 0 aromatic heterocycles. The molecule has 0 heterocycles. The third-order valence-electron chi connectivity index (χ3n) is 2.18. The Kier molecular flexibility index (Phi) is 6.51. The van der Waals surface area contributed by atoms with E-state index in [1.165, 1.54) is 4.31 Å². The van der Waals surface area contributed by atoms with Crippen LogP contribution in [-0.4, -0.2) is 45.2 Å². The van der Waals surface area contributed by atoms with E-state index in [9.17, 15) is 8.42 Å². The van der Waals surface area contributed by atoms with Crippen LogP contribution in [0.3, 0.4) is 0 Å². The van der Waals surface area contributed by atoms with Gasteiger partial charge in [-0.1, -0.05) is 27.7 Å². The summed E-state index contributed by atoms with van der Waals surface area (Å²) in [6.07, 6.45) is 0.671. The average Bonchev–Trinajstić information content (AvgIpc) is 2.09. The molecule has 0 rings (SSSR count). The van der Waals surface area contributed by atoms with Gasteiger partial charge in [-0.15, -0.1) is 0 Å². The normalized spacial score (nSPS) is 13.4. The van der Waals surface area contributed by atoms with Crippen LogP contribution in [0.1, 0.15) is 34.1 Å². The molecule has 0 radical (unpaired) electrons. The molecule has 5 heteroatoms. The molecule has 0 bridgehead atoms.